The Morgan fingerprint density at radius 2 is 2.16 bits per heavy atom. The maximum absolute atomic E-state index is 11.9. The van der Waals surface area contributed by atoms with Crippen LogP contribution in [0.4, 0.5) is 5.69 Å². The van der Waals surface area contributed by atoms with Crippen molar-refractivity contribution in [3.63, 3.8) is 0 Å². The molecule has 0 saturated heterocycles. The summed E-state index contributed by atoms with van der Waals surface area (Å²) in [6, 6.07) is 6.48. The molecule has 0 atom stereocenters. The normalized spacial score (nSPS) is 15.9. The van der Waals surface area contributed by atoms with Crippen molar-refractivity contribution in [1.29, 1.82) is 0 Å². The van der Waals surface area contributed by atoms with Crippen molar-refractivity contribution in [3.8, 4) is 0 Å². The van der Waals surface area contributed by atoms with Crippen LogP contribution in [-0.4, -0.2) is 31.9 Å². The number of benzene rings is 1. The van der Waals surface area contributed by atoms with Gasteiger partial charge in [-0.2, -0.15) is 8.42 Å². The maximum atomic E-state index is 11.9. The molecule has 1 aromatic carbocycles. The molecule has 2 rings (SSSR count). The predicted molar refractivity (Wildman–Crippen MR) is 73.8 cm³/mol. The Morgan fingerprint density at radius 1 is 1.42 bits per heavy atom. The molecule has 0 unspecified atom stereocenters. The summed E-state index contributed by atoms with van der Waals surface area (Å²) in [5.74, 6) is -0.398. The summed E-state index contributed by atoms with van der Waals surface area (Å²) in [5.41, 5.74) is 0.462. The van der Waals surface area contributed by atoms with E-state index in [1.807, 2.05) is 0 Å². The van der Waals surface area contributed by atoms with Crippen molar-refractivity contribution in [2.75, 3.05) is 17.7 Å². The highest BCUT2D eigenvalue weighted by Gasteiger charge is 2.24. The zero-order valence-corrected chi connectivity index (χ0v) is 11.8. The van der Waals surface area contributed by atoms with E-state index in [1.165, 1.54) is 6.07 Å². The topological polar surface area (TPSA) is 84.8 Å². The Bertz CT molecular complexity index is 625. The SMILES string of the molecule is CCOC(=O)CSC1=NS(=O)(=O)c2ccccc2N1. The molecule has 8 heteroatoms. The number of ether oxygens (including phenoxy) is 1. The van der Waals surface area contributed by atoms with E-state index in [0.29, 0.717) is 12.3 Å². The highest BCUT2D eigenvalue weighted by molar-refractivity contribution is 8.15. The molecule has 102 valence electrons. The lowest BCUT2D eigenvalue weighted by Gasteiger charge is -2.16. The van der Waals surface area contributed by atoms with Gasteiger partial charge in [0.15, 0.2) is 5.17 Å². The molecule has 1 heterocycles. The first-order chi connectivity index (χ1) is 9.03. The van der Waals surface area contributed by atoms with Gasteiger partial charge in [0.25, 0.3) is 10.0 Å². The molecular formula is C11H12N2O4S2. The molecule has 6 nitrogen and oxygen atoms in total. The zero-order chi connectivity index (χ0) is 13.9. The van der Waals surface area contributed by atoms with Crippen LogP contribution >= 0.6 is 11.8 Å². The van der Waals surface area contributed by atoms with Crippen LogP contribution in [0.15, 0.2) is 33.6 Å². The number of hydrogen-bond donors (Lipinski definition) is 1. The van der Waals surface area contributed by atoms with Crippen LogP contribution in [0.25, 0.3) is 0 Å². The lowest BCUT2D eigenvalue weighted by molar-refractivity contribution is -0.139. The first kappa shape index (κ1) is 13.9. The van der Waals surface area contributed by atoms with Gasteiger partial charge in [-0.1, -0.05) is 23.9 Å². The molecule has 0 amide bonds. The maximum Gasteiger partial charge on any atom is 0.316 e. The van der Waals surface area contributed by atoms with Crippen LogP contribution in [-0.2, 0) is 19.6 Å². The number of para-hydroxylation sites is 1. The molecule has 0 spiro atoms. The average Bonchev–Trinajstić information content (AvgIpc) is 2.36. The number of anilines is 1. The molecule has 0 aromatic heterocycles. The second-order valence-electron chi connectivity index (χ2n) is 3.59. The van der Waals surface area contributed by atoms with Gasteiger partial charge in [-0.05, 0) is 19.1 Å². The van der Waals surface area contributed by atoms with Gasteiger partial charge in [0, 0.05) is 0 Å². The van der Waals surface area contributed by atoms with E-state index in [0.717, 1.165) is 11.8 Å². The fourth-order valence-electron chi connectivity index (χ4n) is 1.48. The highest BCUT2D eigenvalue weighted by Crippen LogP contribution is 2.28. The first-order valence-corrected chi connectivity index (χ1v) is 7.95. The third-order valence-corrected chi connectivity index (χ3v) is 4.54. The number of amidine groups is 1. The number of esters is 1. The summed E-state index contributed by atoms with van der Waals surface area (Å²) in [7, 11) is -3.70. The van der Waals surface area contributed by atoms with E-state index in [1.54, 1.807) is 25.1 Å². The van der Waals surface area contributed by atoms with Crippen LogP contribution in [0, 0.1) is 0 Å². The molecular weight excluding hydrogens is 288 g/mol. The number of hydrogen-bond acceptors (Lipinski definition) is 6. The summed E-state index contributed by atoms with van der Waals surface area (Å²) < 4.78 is 32.2. The van der Waals surface area contributed by atoms with E-state index in [-0.39, 0.29) is 15.8 Å². The van der Waals surface area contributed by atoms with Gasteiger partial charge in [-0.25, -0.2) is 0 Å². The molecule has 1 aliphatic rings. The number of rotatable bonds is 3. The first-order valence-electron chi connectivity index (χ1n) is 5.52. The van der Waals surface area contributed by atoms with E-state index in [4.69, 9.17) is 4.74 Å². The minimum atomic E-state index is -3.70. The van der Waals surface area contributed by atoms with Crippen LogP contribution in [0.1, 0.15) is 6.92 Å². The van der Waals surface area contributed by atoms with E-state index in [2.05, 4.69) is 9.71 Å². The van der Waals surface area contributed by atoms with Crippen molar-refractivity contribution in [1.82, 2.24) is 0 Å². The summed E-state index contributed by atoms with van der Waals surface area (Å²) in [6.45, 7) is 2.00. The predicted octanol–water partition coefficient (Wildman–Crippen LogP) is 1.45. The van der Waals surface area contributed by atoms with Crippen LogP contribution < -0.4 is 5.32 Å². The molecule has 0 bridgehead atoms. The fraction of sp³-hybridized carbons (Fsp3) is 0.273. The van der Waals surface area contributed by atoms with E-state index in [9.17, 15) is 13.2 Å². The Morgan fingerprint density at radius 3 is 2.89 bits per heavy atom. The summed E-state index contributed by atoms with van der Waals surface area (Å²) in [6.07, 6.45) is 0. The monoisotopic (exact) mass is 300 g/mol. The fourth-order valence-corrected chi connectivity index (χ4v) is 3.52. The Kier molecular flexibility index (Phi) is 4.11. The number of sulfonamides is 1. The van der Waals surface area contributed by atoms with Crippen molar-refractivity contribution >= 4 is 38.6 Å². The van der Waals surface area contributed by atoms with Crippen LogP contribution in [0.5, 0.6) is 0 Å². The van der Waals surface area contributed by atoms with Gasteiger partial charge >= 0.3 is 5.97 Å². The summed E-state index contributed by atoms with van der Waals surface area (Å²) in [5, 5.41) is 3.05. The zero-order valence-electron chi connectivity index (χ0n) is 10.1. The van der Waals surface area contributed by atoms with Gasteiger partial charge in [0.1, 0.15) is 4.90 Å². The third-order valence-electron chi connectivity index (χ3n) is 2.24. The number of carbonyl (C=O) groups is 1. The van der Waals surface area contributed by atoms with Gasteiger partial charge in [0.2, 0.25) is 0 Å². The Hall–Kier alpha value is -1.54. The van der Waals surface area contributed by atoms with Gasteiger partial charge in [-0.15, -0.1) is 4.40 Å². The molecule has 1 aromatic rings. The van der Waals surface area contributed by atoms with Gasteiger partial charge in [-0.3, -0.25) is 4.79 Å². The van der Waals surface area contributed by atoms with E-state index >= 15 is 0 Å². The third kappa shape index (κ3) is 3.27. The van der Waals surface area contributed by atoms with Crippen molar-refractivity contribution in [2.24, 2.45) is 4.40 Å². The van der Waals surface area contributed by atoms with Gasteiger partial charge in [0.05, 0.1) is 18.0 Å². The minimum absolute atomic E-state index is 0.0113. The van der Waals surface area contributed by atoms with Crippen molar-refractivity contribution in [3.05, 3.63) is 24.3 Å². The number of fused-ring (bicyclic) bond motifs is 1. The standard InChI is InChI=1S/C11H12N2O4S2/c1-2-17-10(14)7-18-11-12-8-5-3-4-6-9(8)19(15,16)13-11/h3-6H,2,7H2,1H3,(H,12,13). The molecule has 0 radical (unpaired) electrons. The smallest absolute Gasteiger partial charge is 0.316 e. The quantitative estimate of drug-likeness (QED) is 0.851. The molecule has 0 saturated carbocycles. The van der Waals surface area contributed by atoms with E-state index < -0.39 is 16.0 Å². The molecule has 19 heavy (non-hydrogen) atoms. The second-order valence-corrected chi connectivity index (χ2v) is 6.12. The molecule has 0 fully saturated rings. The number of nitrogens with one attached hydrogen (secondary N) is 1. The number of nitrogens with zero attached hydrogens (tertiary/aromatic N) is 1. The van der Waals surface area contributed by atoms with Crippen LogP contribution in [0.2, 0.25) is 0 Å². The van der Waals surface area contributed by atoms with Gasteiger partial charge < -0.3 is 10.1 Å². The summed E-state index contributed by atoms with van der Waals surface area (Å²) in [4.78, 5) is 11.4. The number of carbonyl (C=O) groups excluding carboxylic acids is 1. The van der Waals surface area contributed by atoms with Crippen molar-refractivity contribution < 1.29 is 17.9 Å². The molecule has 1 aliphatic heterocycles. The second kappa shape index (κ2) is 5.62. The average molecular weight is 300 g/mol. The Labute approximate surface area is 115 Å². The summed E-state index contributed by atoms with van der Waals surface area (Å²) >= 11 is 0.996. The lowest BCUT2D eigenvalue weighted by atomic mass is 10.3. The Balaban J connectivity index is 2.14. The molecule has 0 aliphatic carbocycles. The lowest BCUT2D eigenvalue weighted by Crippen LogP contribution is -2.20. The van der Waals surface area contributed by atoms with Crippen LogP contribution in [0.3, 0.4) is 0 Å². The largest absolute Gasteiger partial charge is 0.465 e. The minimum Gasteiger partial charge on any atom is -0.465 e. The highest BCUT2D eigenvalue weighted by atomic mass is 32.2. The molecule has 1 N–H and O–H groups in total. The number of thioether (sulfide) groups is 1. The van der Waals surface area contributed by atoms with Crippen molar-refractivity contribution in [2.45, 2.75) is 11.8 Å².